The highest BCUT2D eigenvalue weighted by Crippen LogP contribution is 2.27. The number of amides is 1. The van der Waals surface area contributed by atoms with Gasteiger partial charge < -0.3 is 9.88 Å². The zero-order chi connectivity index (χ0) is 24.5. The van der Waals surface area contributed by atoms with Crippen molar-refractivity contribution in [1.29, 1.82) is 0 Å². The molecule has 4 aromatic rings. The number of likely N-dealkylation sites (tertiary alicyclic amines) is 1. The van der Waals surface area contributed by atoms with Crippen molar-refractivity contribution < 1.29 is 4.79 Å². The topological polar surface area (TPSA) is 83.9 Å². The fourth-order valence-corrected chi connectivity index (χ4v) is 4.92. The normalized spacial score (nSPS) is 16.2. The van der Waals surface area contributed by atoms with Gasteiger partial charge in [-0.3, -0.25) is 9.36 Å². The van der Waals surface area contributed by atoms with Gasteiger partial charge >= 0.3 is 5.69 Å². The summed E-state index contributed by atoms with van der Waals surface area (Å²) in [5.41, 5.74) is 4.70. The molecule has 0 aliphatic carbocycles. The molecule has 0 radical (unpaired) electrons. The number of benzene rings is 2. The number of carbonyl (C=O) groups excluding carboxylic acids is 1. The standard InChI is InChI=1S/C28H31N5O2/c1-18(2)22-8-4-5-9-23(22)25-29-15-24-26(31-25)33(28(35)30-24)17-20-10-12-21(13-11-20)27(34)32-14-6-7-19(3)16-32/h4-5,8-13,15,18-19H,6-7,14,16-17H2,1-3H3,(H,30,35)/t19-/m0/s1. The Bertz CT molecular complexity index is 1420. The molecule has 35 heavy (non-hydrogen) atoms. The Morgan fingerprint density at radius 2 is 1.91 bits per heavy atom. The van der Waals surface area contributed by atoms with Crippen molar-refractivity contribution >= 4 is 17.1 Å². The summed E-state index contributed by atoms with van der Waals surface area (Å²) in [6.45, 7) is 8.47. The molecule has 0 bridgehead atoms. The minimum absolute atomic E-state index is 0.0774. The number of imidazole rings is 1. The molecule has 5 rings (SSSR count). The van der Waals surface area contributed by atoms with E-state index in [0.29, 0.717) is 40.9 Å². The quantitative estimate of drug-likeness (QED) is 0.454. The van der Waals surface area contributed by atoms with Gasteiger partial charge in [0.05, 0.1) is 12.7 Å². The first-order valence-corrected chi connectivity index (χ1v) is 12.3. The van der Waals surface area contributed by atoms with E-state index in [-0.39, 0.29) is 11.6 Å². The number of hydrogen-bond acceptors (Lipinski definition) is 4. The molecule has 7 nitrogen and oxygen atoms in total. The fraction of sp³-hybridized carbons (Fsp3) is 0.357. The van der Waals surface area contributed by atoms with Crippen molar-refractivity contribution in [3.05, 3.63) is 81.9 Å². The Balaban J connectivity index is 1.43. The number of rotatable bonds is 5. The first-order valence-electron chi connectivity index (χ1n) is 12.3. The lowest BCUT2D eigenvalue weighted by Crippen LogP contribution is -2.39. The number of fused-ring (bicyclic) bond motifs is 1. The van der Waals surface area contributed by atoms with Gasteiger partial charge in [0.15, 0.2) is 11.5 Å². The molecule has 180 valence electrons. The summed E-state index contributed by atoms with van der Waals surface area (Å²) in [4.78, 5) is 39.8. The van der Waals surface area contributed by atoms with Crippen LogP contribution in [0.5, 0.6) is 0 Å². The Morgan fingerprint density at radius 3 is 2.66 bits per heavy atom. The van der Waals surface area contributed by atoms with Crippen LogP contribution in [0.1, 0.15) is 61.0 Å². The zero-order valence-electron chi connectivity index (χ0n) is 20.5. The fourth-order valence-electron chi connectivity index (χ4n) is 4.92. The van der Waals surface area contributed by atoms with Gasteiger partial charge in [0.2, 0.25) is 0 Å². The first-order chi connectivity index (χ1) is 16.9. The van der Waals surface area contributed by atoms with Crippen molar-refractivity contribution in [2.24, 2.45) is 5.92 Å². The van der Waals surface area contributed by atoms with Crippen LogP contribution >= 0.6 is 0 Å². The van der Waals surface area contributed by atoms with Crippen LogP contribution < -0.4 is 5.69 Å². The van der Waals surface area contributed by atoms with Gasteiger partial charge in [-0.2, -0.15) is 0 Å². The molecule has 1 N–H and O–H groups in total. The van der Waals surface area contributed by atoms with E-state index >= 15 is 0 Å². The largest absolute Gasteiger partial charge is 0.338 e. The van der Waals surface area contributed by atoms with Gasteiger partial charge in [0, 0.05) is 24.2 Å². The molecule has 7 heteroatoms. The Kier molecular flexibility index (Phi) is 6.24. The van der Waals surface area contributed by atoms with Crippen LogP contribution in [0.3, 0.4) is 0 Å². The number of aromatic amines is 1. The van der Waals surface area contributed by atoms with Gasteiger partial charge in [-0.1, -0.05) is 57.2 Å². The van der Waals surface area contributed by atoms with Crippen LogP contribution in [0.2, 0.25) is 0 Å². The number of aromatic nitrogens is 4. The van der Waals surface area contributed by atoms with E-state index in [2.05, 4.69) is 36.8 Å². The summed E-state index contributed by atoms with van der Waals surface area (Å²) >= 11 is 0. The minimum Gasteiger partial charge on any atom is -0.338 e. The summed E-state index contributed by atoms with van der Waals surface area (Å²) in [6.07, 6.45) is 3.91. The van der Waals surface area contributed by atoms with Crippen LogP contribution in [-0.2, 0) is 6.54 Å². The Labute approximate surface area is 204 Å². The average Bonchev–Trinajstić information content (AvgIpc) is 3.18. The summed E-state index contributed by atoms with van der Waals surface area (Å²) in [5, 5.41) is 0. The Morgan fingerprint density at radius 1 is 1.14 bits per heavy atom. The predicted octanol–water partition coefficient (Wildman–Crippen LogP) is 4.83. The van der Waals surface area contributed by atoms with E-state index in [1.165, 1.54) is 12.0 Å². The summed E-state index contributed by atoms with van der Waals surface area (Å²) in [6, 6.07) is 15.7. The third kappa shape index (κ3) is 4.63. The molecule has 0 spiro atoms. The highest BCUT2D eigenvalue weighted by molar-refractivity contribution is 5.94. The molecule has 0 saturated carbocycles. The van der Waals surface area contributed by atoms with Gasteiger partial charge in [-0.15, -0.1) is 0 Å². The molecule has 1 saturated heterocycles. The third-order valence-corrected chi connectivity index (χ3v) is 6.82. The number of nitrogens with zero attached hydrogens (tertiary/aromatic N) is 4. The number of hydrogen-bond donors (Lipinski definition) is 1. The van der Waals surface area contributed by atoms with E-state index in [9.17, 15) is 9.59 Å². The SMILES string of the molecule is CC(C)c1ccccc1-c1ncc2[nH]c(=O)n(Cc3ccc(C(=O)N4CCC[C@H](C)C4)cc3)c2n1. The second kappa shape index (κ2) is 9.49. The van der Waals surface area contributed by atoms with E-state index < -0.39 is 0 Å². The maximum absolute atomic E-state index is 12.9. The smallest absolute Gasteiger partial charge is 0.328 e. The molecule has 2 aromatic carbocycles. The molecule has 1 fully saturated rings. The number of carbonyl (C=O) groups is 1. The van der Waals surface area contributed by atoms with Crippen molar-refractivity contribution in [2.75, 3.05) is 13.1 Å². The van der Waals surface area contributed by atoms with Crippen molar-refractivity contribution in [3.8, 4) is 11.4 Å². The van der Waals surface area contributed by atoms with Gasteiger partial charge in [0.25, 0.3) is 5.91 Å². The molecule has 1 atom stereocenters. The maximum atomic E-state index is 12.9. The van der Waals surface area contributed by atoms with Gasteiger partial charge in [-0.25, -0.2) is 14.8 Å². The van der Waals surface area contributed by atoms with Crippen molar-refractivity contribution in [2.45, 2.75) is 46.1 Å². The molecule has 1 amide bonds. The first kappa shape index (κ1) is 23.0. The highest BCUT2D eigenvalue weighted by Gasteiger charge is 2.22. The third-order valence-electron chi connectivity index (χ3n) is 6.82. The van der Waals surface area contributed by atoms with Gasteiger partial charge in [0.1, 0.15) is 5.52 Å². The highest BCUT2D eigenvalue weighted by atomic mass is 16.2. The van der Waals surface area contributed by atoms with Crippen molar-refractivity contribution in [3.63, 3.8) is 0 Å². The van der Waals surface area contributed by atoms with Crippen LogP contribution in [0.15, 0.2) is 59.5 Å². The second-order valence-electron chi connectivity index (χ2n) is 9.88. The Hall–Kier alpha value is -3.74. The predicted molar refractivity (Wildman–Crippen MR) is 138 cm³/mol. The molecule has 2 aromatic heterocycles. The summed E-state index contributed by atoms with van der Waals surface area (Å²) in [5.74, 6) is 1.55. The second-order valence-corrected chi connectivity index (χ2v) is 9.88. The lowest BCUT2D eigenvalue weighted by Gasteiger charge is -2.31. The number of piperidine rings is 1. The monoisotopic (exact) mass is 469 g/mol. The molecular weight excluding hydrogens is 438 g/mol. The zero-order valence-corrected chi connectivity index (χ0v) is 20.5. The van der Waals surface area contributed by atoms with Crippen LogP contribution in [0.4, 0.5) is 0 Å². The van der Waals surface area contributed by atoms with E-state index in [4.69, 9.17) is 4.98 Å². The van der Waals surface area contributed by atoms with Crippen LogP contribution in [0, 0.1) is 5.92 Å². The van der Waals surface area contributed by atoms with Crippen LogP contribution in [0.25, 0.3) is 22.6 Å². The lowest BCUT2D eigenvalue weighted by atomic mass is 9.97. The average molecular weight is 470 g/mol. The van der Waals surface area contributed by atoms with Crippen LogP contribution in [-0.4, -0.2) is 43.4 Å². The molecular formula is C28H31N5O2. The van der Waals surface area contributed by atoms with E-state index in [0.717, 1.165) is 30.6 Å². The number of nitrogens with one attached hydrogen (secondary N) is 1. The van der Waals surface area contributed by atoms with E-state index in [1.807, 2.05) is 47.4 Å². The number of H-pyrrole nitrogens is 1. The summed E-state index contributed by atoms with van der Waals surface area (Å²) in [7, 11) is 0. The molecule has 0 unspecified atom stereocenters. The summed E-state index contributed by atoms with van der Waals surface area (Å²) < 4.78 is 1.63. The van der Waals surface area contributed by atoms with E-state index in [1.54, 1.807) is 10.8 Å². The minimum atomic E-state index is -0.231. The molecule has 1 aliphatic heterocycles. The molecule has 3 heterocycles. The lowest BCUT2D eigenvalue weighted by molar-refractivity contribution is 0.0683. The van der Waals surface area contributed by atoms with Gasteiger partial charge in [-0.05, 0) is 47.9 Å². The molecule has 1 aliphatic rings. The van der Waals surface area contributed by atoms with Crippen molar-refractivity contribution in [1.82, 2.24) is 24.4 Å². The maximum Gasteiger partial charge on any atom is 0.328 e.